The van der Waals surface area contributed by atoms with Gasteiger partial charge in [-0.15, -0.1) is 11.3 Å². The lowest BCUT2D eigenvalue weighted by Crippen LogP contribution is -2.37. The molecule has 4 nitrogen and oxygen atoms in total. The molecular weight excluding hydrogens is 354 g/mol. The van der Waals surface area contributed by atoms with Crippen LogP contribution in [0.4, 0.5) is 11.4 Å². The van der Waals surface area contributed by atoms with Gasteiger partial charge in [-0.05, 0) is 36.1 Å². The maximum Gasteiger partial charge on any atom is 0.230 e. The fourth-order valence-electron chi connectivity index (χ4n) is 3.20. The highest BCUT2D eigenvalue weighted by Gasteiger charge is 2.26. The number of hydrogen-bond donors (Lipinski definition) is 1. The van der Waals surface area contributed by atoms with Crippen LogP contribution in [0.2, 0.25) is 0 Å². The van der Waals surface area contributed by atoms with Crippen molar-refractivity contribution < 1.29 is 4.79 Å². The summed E-state index contributed by atoms with van der Waals surface area (Å²) in [5, 5.41) is 5.03. The number of rotatable bonds is 3. The van der Waals surface area contributed by atoms with Crippen molar-refractivity contribution in [1.29, 1.82) is 0 Å². The highest BCUT2D eigenvalue weighted by molar-refractivity contribution is 7.10. The first kappa shape index (κ1) is 17.4. The van der Waals surface area contributed by atoms with Crippen molar-refractivity contribution >= 4 is 40.2 Å². The minimum Gasteiger partial charge on any atom is -0.313 e. The van der Waals surface area contributed by atoms with Gasteiger partial charge in [0.2, 0.25) is 5.91 Å². The van der Waals surface area contributed by atoms with Crippen LogP contribution in [0.25, 0.3) is 0 Å². The summed E-state index contributed by atoms with van der Waals surface area (Å²) in [6.07, 6.45) is 0.343. The molecule has 4 rings (SSSR count). The second-order valence-electron chi connectivity index (χ2n) is 6.39. The average Bonchev–Trinajstić information content (AvgIpc) is 3.12. The number of thiophene rings is 1. The molecule has 0 spiro atoms. The predicted octanol–water partition coefficient (Wildman–Crippen LogP) is 5.03. The Morgan fingerprint density at radius 2 is 1.67 bits per heavy atom. The number of amides is 1. The molecule has 1 unspecified atom stereocenters. The van der Waals surface area contributed by atoms with Crippen molar-refractivity contribution in [3.05, 3.63) is 82.6 Å². The van der Waals surface area contributed by atoms with Crippen LogP contribution in [0.3, 0.4) is 0 Å². The van der Waals surface area contributed by atoms with Crippen molar-refractivity contribution in [3.63, 3.8) is 0 Å². The zero-order chi connectivity index (χ0) is 18.6. The summed E-state index contributed by atoms with van der Waals surface area (Å²) in [5.74, 6) is 0.365. The number of nitrogens with one attached hydrogen (secondary N) is 1. The molecule has 2 aromatic carbocycles. The summed E-state index contributed by atoms with van der Waals surface area (Å²) in [7, 11) is 0. The third-order valence-electron chi connectivity index (χ3n) is 4.43. The minimum absolute atomic E-state index is 0.0655. The minimum atomic E-state index is -0.189. The van der Waals surface area contributed by atoms with E-state index in [1.54, 1.807) is 11.3 Å². The van der Waals surface area contributed by atoms with E-state index in [2.05, 4.69) is 5.32 Å². The van der Waals surface area contributed by atoms with Gasteiger partial charge in [0.05, 0.1) is 23.7 Å². The molecule has 1 N–H and O–H groups in total. The van der Waals surface area contributed by atoms with Crippen molar-refractivity contribution in [2.75, 3.05) is 0 Å². The molecular formula is C22H19N3OS. The van der Waals surface area contributed by atoms with E-state index in [9.17, 15) is 4.79 Å². The number of nitrogens with zero attached hydrogens (tertiary/aromatic N) is 2. The molecule has 2 heterocycles. The molecule has 1 aliphatic rings. The van der Waals surface area contributed by atoms with Gasteiger partial charge in [-0.1, -0.05) is 48.5 Å². The van der Waals surface area contributed by atoms with Gasteiger partial charge in [0.15, 0.2) is 0 Å². The predicted molar refractivity (Wildman–Crippen MR) is 112 cm³/mol. The first-order valence-electron chi connectivity index (χ1n) is 8.80. The van der Waals surface area contributed by atoms with E-state index in [0.717, 1.165) is 27.5 Å². The number of amidine groups is 1. The van der Waals surface area contributed by atoms with Gasteiger partial charge in [-0.25, -0.2) is 4.99 Å². The highest BCUT2D eigenvalue weighted by atomic mass is 32.1. The molecule has 0 fully saturated rings. The lowest BCUT2D eigenvalue weighted by Gasteiger charge is -2.19. The van der Waals surface area contributed by atoms with Crippen LogP contribution < -0.4 is 5.32 Å². The van der Waals surface area contributed by atoms with E-state index in [4.69, 9.17) is 9.98 Å². The van der Waals surface area contributed by atoms with Crippen molar-refractivity contribution in [2.24, 2.45) is 9.98 Å². The van der Waals surface area contributed by atoms with E-state index in [-0.39, 0.29) is 11.8 Å². The number of hydrogen-bond acceptors (Lipinski definition) is 4. The smallest absolute Gasteiger partial charge is 0.230 e. The third kappa shape index (κ3) is 3.88. The average molecular weight is 373 g/mol. The fraction of sp³-hybridized carbons (Fsp3) is 0.136. The summed E-state index contributed by atoms with van der Waals surface area (Å²) in [6, 6.07) is 21.7. The molecule has 5 heteroatoms. The molecule has 1 aliphatic heterocycles. The van der Waals surface area contributed by atoms with Gasteiger partial charge in [-0.3, -0.25) is 9.79 Å². The molecule has 0 radical (unpaired) electrons. The Balaban J connectivity index is 1.73. The summed E-state index contributed by atoms with van der Waals surface area (Å²) >= 11 is 1.58. The number of benzene rings is 2. The Bertz CT molecular complexity index is 1010. The maximum absolute atomic E-state index is 12.7. The van der Waals surface area contributed by atoms with E-state index >= 15 is 0 Å². The highest BCUT2D eigenvalue weighted by Crippen LogP contribution is 2.34. The number of para-hydroxylation sites is 2. The van der Waals surface area contributed by atoms with Gasteiger partial charge >= 0.3 is 0 Å². The van der Waals surface area contributed by atoms with Crippen LogP contribution in [-0.2, 0) is 11.2 Å². The van der Waals surface area contributed by atoms with Crippen LogP contribution in [-0.4, -0.2) is 17.5 Å². The molecule has 0 aliphatic carbocycles. The lowest BCUT2D eigenvalue weighted by atomic mass is 9.93. The second-order valence-corrected chi connectivity index (χ2v) is 7.42. The second kappa shape index (κ2) is 7.68. The van der Waals surface area contributed by atoms with Crippen LogP contribution in [0.1, 0.15) is 23.3 Å². The number of fused-ring (bicyclic) bond motifs is 1. The van der Waals surface area contributed by atoms with Crippen LogP contribution in [0.15, 0.2) is 82.1 Å². The lowest BCUT2D eigenvalue weighted by molar-refractivity contribution is -0.119. The van der Waals surface area contributed by atoms with Gasteiger partial charge < -0.3 is 5.32 Å². The quantitative estimate of drug-likeness (QED) is 0.688. The molecule has 0 saturated heterocycles. The first-order valence-corrected chi connectivity index (χ1v) is 9.68. The molecule has 3 aromatic rings. The molecule has 1 atom stereocenters. The monoisotopic (exact) mass is 373 g/mol. The van der Waals surface area contributed by atoms with E-state index in [0.29, 0.717) is 12.3 Å². The van der Waals surface area contributed by atoms with E-state index in [1.807, 2.05) is 79.0 Å². The topological polar surface area (TPSA) is 53.8 Å². The zero-order valence-electron chi connectivity index (χ0n) is 14.9. The molecule has 0 saturated carbocycles. The molecule has 1 amide bonds. The Morgan fingerprint density at radius 1 is 0.963 bits per heavy atom. The fourth-order valence-corrected chi connectivity index (χ4v) is 3.91. The Labute approximate surface area is 162 Å². The molecule has 1 aromatic heterocycles. The van der Waals surface area contributed by atoms with Crippen LogP contribution in [0.5, 0.6) is 0 Å². The number of aliphatic imine (C=N–C) groups is 2. The van der Waals surface area contributed by atoms with Crippen LogP contribution >= 0.6 is 11.3 Å². The Hall–Kier alpha value is -3.05. The zero-order valence-corrected chi connectivity index (χ0v) is 15.7. The third-order valence-corrected chi connectivity index (χ3v) is 5.30. The standard InChI is InChI=1S/C22H19N3OS/c1-15-21(16-8-3-2-4-9-16)22(24-19-12-6-5-11-18(19)23-15)25-20(26)14-17-10-7-13-27-17/h2-13,21H,14H2,1H3,(H,24,25,26). The van der Waals surface area contributed by atoms with Crippen molar-refractivity contribution in [1.82, 2.24) is 5.32 Å². The largest absolute Gasteiger partial charge is 0.313 e. The van der Waals surface area contributed by atoms with Crippen molar-refractivity contribution in [3.8, 4) is 0 Å². The Morgan fingerprint density at radius 3 is 2.37 bits per heavy atom. The molecule has 0 bridgehead atoms. The maximum atomic E-state index is 12.7. The van der Waals surface area contributed by atoms with Crippen molar-refractivity contribution in [2.45, 2.75) is 19.3 Å². The van der Waals surface area contributed by atoms with E-state index in [1.165, 1.54) is 0 Å². The number of carbonyl (C=O) groups is 1. The molecule has 27 heavy (non-hydrogen) atoms. The van der Waals surface area contributed by atoms with E-state index < -0.39 is 0 Å². The van der Waals surface area contributed by atoms with Gasteiger partial charge in [0.1, 0.15) is 5.84 Å². The summed E-state index contributed by atoms with van der Waals surface area (Å²) in [6.45, 7) is 1.99. The van der Waals surface area contributed by atoms with Gasteiger partial charge in [0.25, 0.3) is 0 Å². The summed E-state index contributed by atoms with van der Waals surface area (Å²) in [5.41, 5.74) is 3.54. The normalized spacial score (nSPS) is 16.0. The van der Waals surface area contributed by atoms with Gasteiger partial charge in [-0.2, -0.15) is 0 Å². The van der Waals surface area contributed by atoms with Gasteiger partial charge in [0, 0.05) is 10.6 Å². The SMILES string of the molecule is CC1=Nc2ccccc2N=C(NC(=O)Cc2cccs2)C1c1ccccc1. The van der Waals surface area contributed by atoms with Crippen LogP contribution in [0, 0.1) is 0 Å². The Kier molecular flexibility index (Phi) is 4.94. The first-order chi connectivity index (χ1) is 13.2. The summed E-state index contributed by atoms with van der Waals surface area (Å²) in [4.78, 5) is 23.3. The summed E-state index contributed by atoms with van der Waals surface area (Å²) < 4.78 is 0. The number of carbonyl (C=O) groups excluding carboxylic acids is 1. The molecule has 134 valence electrons.